The summed E-state index contributed by atoms with van der Waals surface area (Å²) in [7, 11) is 0. The second-order valence-electron chi connectivity index (χ2n) is 3.51. The van der Waals surface area contributed by atoms with Gasteiger partial charge in [-0.25, -0.2) is 0 Å². The van der Waals surface area contributed by atoms with Crippen molar-refractivity contribution in [2.75, 3.05) is 0 Å². The van der Waals surface area contributed by atoms with Gasteiger partial charge in [-0.3, -0.25) is 0 Å². The Kier molecular flexibility index (Phi) is 3.97. The number of aliphatic hydroxyl groups is 1. The summed E-state index contributed by atoms with van der Waals surface area (Å²) in [6.07, 6.45) is 2.74. The quantitative estimate of drug-likeness (QED) is 0.751. The van der Waals surface area contributed by atoms with E-state index in [-0.39, 0.29) is 6.10 Å². The monoisotopic (exact) mass is 178 g/mol. The normalized spacial score (nSPS) is 12.8. The van der Waals surface area contributed by atoms with Gasteiger partial charge in [0.1, 0.15) is 0 Å². The molecule has 0 saturated heterocycles. The molecule has 0 heterocycles. The van der Waals surface area contributed by atoms with E-state index in [0.29, 0.717) is 0 Å². The lowest BCUT2D eigenvalue weighted by Gasteiger charge is -2.08. The fraction of sp³-hybridized carbons (Fsp3) is 0.500. The highest BCUT2D eigenvalue weighted by atomic mass is 16.3. The summed E-state index contributed by atoms with van der Waals surface area (Å²) in [6, 6.07) is 8.46. The van der Waals surface area contributed by atoms with Crippen LogP contribution in [0.1, 0.15) is 31.4 Å². The van der Waals surface area contributed by atoms with Crippen LogP contribution in [-0.4, -0.2) is 11.2 Å². The van der Waals surface area contributed by atoms with Gasteiger partial charge in [0.05, 0.1) is 6.10 Å². The lowest BCUT2D eigenvalue weighted by Crippen LogP contribution is -2.02. The fourth-order valence-corrected chi connectivity index (χ4v) is 1.51. The van der Waals surface area contributed by atoms with Crippen molar-refractivity contribution in [1.82, 2.24) is 0 Å². The minimum absolute atomic E-state index is 0.190. The Hall–Kier alpha value is -0.820. The lowest BCUT2D eigenvalue weighted by molar-refractivity contribution is 0.185. The zero-order valence-corrected chi connectivity index (χ0v) is 8.46. The van der Waals surface area contributed by atoms with Gasteiger partial charge in [0, 0.05) is 0 Å². The maximum absolute atomic E-state index is 9.18. The summed E-state index contributed by atoms with van der Waals surface area (Å²) in [5.41, 5.74) is 2.79. The van der Waals surface area contributed by atoms with Gasteiger partial charge in [0.25, 0.3) is 0 Å². The van der Waals surface area contributed by atoms with E-state index in [1.807, 2.05) is 6.92 Å². The minimum Gasteiger partial charge on any atom is -0.393 e. The first-order valence-corrected chi connectivity index (χ1v) is 4.99. The van der Waals surface area contributed by atoms with Gasteiger partial charge in [-0.15, -0.1) is 0 Å². The highest BCUT2D eigenvalue weighted by Gasteiger charge is 2.01. The van der Waals surface area contributed by atoms with Gasteiger partial charge in [-0.2, -0.15) is 0 Å². The van der Waals surface area contributed by atoms with Crippen LogP contribution in [0.2, 0.25) is 0 Å². The molecule has 0 radical (unpaired) electrons. The Morgan fingerprint density at radius 3 is 2.38 bits per heavy atom. The molecule has 0 aliphatic heterocycles. The fourth-order valence-electron chi connectivity index (χ4n) is 1.51. The largest absolute Gasteiger partial charge is 0.393 e. The lowest BCUT2D eigenvalue weighted by atomic mass is 10.00. The van der Waals surface area contributed by atoms with Gasteiger partial charge in [-0.05, 0) is 37.3 Å². The zero-order valence-electron chi connectivity index (χ0n) is 8.46. The number of benzene rings is 1. The Balaban J connectivity index is 2.64. The second kappa shape index (κ2) is 5.03. The molecule has 1 atom stereocenters. The molecule has 1 N–H and O–H groups in total. The van der Waals surface area contributed by atoms with Gasteiger partial charge in [-0.1, -0.05) is 31.2 Å². The molecule has 0 fully saturated rings. The molecule has 0 unspecified atom stereocenters. The average molecular weight is 178 g/mol. The molecule has 0 aliphatic rings. The van der Waals surface area contributed by atoms with Crippen molar-refractivity contribution < 1.29 is 5.11 Å². The van der Waals surface area contributed by atoms with Crippen LogP contribution in [0.25, 0.3) is 0 Å². The van der Waals surface area contributed by atoms with Gasteiger partial charge < -0.3 is 5.11 Å². The Bertz CT molecular complexity index is 253. The van der Waals surface area contributed by atoms with Crippen LogP contribution in [0.15, 0.2) is 24.3 Å². The molecule has 72 valence electrons. The standard InChI is InChI=1S/C12H18O/c1-3-11-6-4-5-7-12(11)9-8-10(2)13/h4-7,10,13H,3,8-9H2,1-2H3/t10-/m0/s1. The second-order valence-corrected chi connectivity index (χ2v) is 3.51. The molecule has 13 heavy (non-hydrogen) atoms. The van der Waals surface area contributed by atoms with Crippen molar-refractivity contribution in [3.05, 3.63) is 35.4 Å². The van der Waals surface area contributed by atoms with Crippen LogP contribution in [0.4, 0.5) is 0 Å². The van der Waals surface area contributed by atoms with E-state index in [2.05, 4.69) is 31.2 Å². The van der Waals surface area contributed by atoms with Crippen LogP contribution >= 0.6 is 0 Å². The summed E-state index contributed by atoms with van der Waals surface area (Å²) in [5.74, 6) is 0. The maximum Gasteiger partial charge on any atom is 0.0515 e. The van der Waals surface area contributed by atoms with E-state index >= 15 is 0 Å². The third-order valence-electron chi connectivity index (χ3n) is 2.33. The van der Waals surface area contributed by atoms with Crippen LogP contribution in [0.3, 0.4) is 0 Å². The molecule has 1 heteroatoms. The van der Waals surface area contributed by atoms with E-state index in [1.54, 1.807) is 0 Å². The summed E-state index contributed by atoms with van der Waals surface area (Å²) < 4.78 is 0. The molecule has 0 saturated carbocycles. The van der Waals surface area contributed by atoms with Gasteiger partial charge >= 0.3 is 0 Å². The van der Waals surface area contributed by atoms with Crippen molar-refractivity contribution >= 4 is 0 Å². The van der Waals surface area contributed by atoms with Crippen LogP contribution < -0.4 is 0 Å². The molecule has 1 rings (SSSR count). The van der Waals surface area contributed by atoms with Crippen LogP contribution in [0, 0.1) is 0 Å². The van der Waals surface area contributed by atoms with Crippen LogP contribution in [0.5, 0.6) is 0 Å². The van der Waals surface area contributed by atoms with Crippen molar-refractivity contribution in [2.24, 2.45) is 0 Å². The van der Waals surface area contributed by atoms with Crippen molar-refractivity contribution in [3.63, 3.8) is 0 Å². The van der Waals surface area contributed by atoms with Crippen molar-refractivity contribution in [3.8, 4) is 0 Å². The SMILES string of the molecule is CCc1ccccc1CC[C@H](C)O. The minimum atomic E-state index is -0.190. The topological polar surface area (TPSA) is 20.2 Å². The third kappa shape index (κ3) is 3.19. The molecule has 0 amide bonds. The summed E-state index contributed by atoms with van der Waals surface area (Å²) in [5, 5.41) is 9.18. The number of aliphatic hydroxyl groups excluding tert-OH is 1. The average Bonchev–Trinajstić information content (AvgIpc) is 2.15. The molecular formula is C12H18O. The van der Waals surface area contributed by atoms with Gasteiger partial charge in [0.2, 0.25) is 0 Å². The number of rotatable bonds is 4. The predicted molar refractivity (Wildman–Crippen MR) is 55.8 cm³/mol. The van der Waals surface area contributed by atoms with Crippen LogP contribution in [-0.2, 0) is 12.8 Å². The molecule has 0 bridgehead atoms. The van der Waals surface area contributed by atoms with E-state index in [4.69, 9.17) is 0 Å². The molecule has 1 nitrogen and oxygen atoms in total. The highest BCUT2D eigenvalue weighted by molar-refractivity contribution is 5.27. The van der Waals surface area contributed by atoms with Gasteiger partial charge in [0.15, 0.2) is 0 Å². The number of hydrogen-bond acceptors (Lipinski definition) is 1. The first kappa shape index (κ1) is 10.3. The van der Waals surface area contributed by atoms with E-state index in [0.717, 1.165) is 19.3 Å². The highest BCUT2D eigenvalue weighted by Crippen LogP contribution is 2.12. The third-order valence-corrected chi connectivity index (χ3v) is 2.33. The molecule has 1 aromatic carbocycles. The summed E-state index contributed by atoms with van der Waals surface area (Å²) in [4.78, 5) is 0. The first-order chi connectivity index (χ1) is 6.24. The molecule has 0 spiro atoms. The van der Waals surface area contributed by atoms with E-state index < -0.39 is 0 Å². The number of hydrogen-bond donors (Lipinski definition) is 1. The smallest absolute Gasteiger partial charge is 0.0515 e. The molecule has 0 aromatic heterocycles. The molecular weight excluding hydrogens is 160 g/mol. The Labute approximate surface area is 80.4 Å². The molecule has 1 aromatic rings. The van der Waals surface area contributed by atoms with Crippen molar-refractivity contribution in [1.29, 1.82) is 0 Å². The summed E-state index contributed by atoms with van der Waals surface area (Å²) in [6.45, 7) is 4.01. The maximum atomic E-state index is 9.18. The predicted octanol–water partition coefficient (Wildman–Crippen LogP) is 2.56. The Morgan fingerprint density at radius 2 is 1.85 bits per heavy atom. The van der Waals surface area contributed by atoms with Crippen molar-refractivity contribution in [2.45, 2.75) is 39.2 Å². The Morgan fingerprint density at radius 1 is 1.23 bits per heavy atom. The summed E-state index contributed by atoms with van der Waals surface area (Å²) >= 11 is 0. The van der Waals surface area contributed by atoms with E-state index in [1.165, 1.54) is 11.1 Å². The number of aryl methyl sites for hydroxylation is 2. The van der Waals surface area contributed by atoms with E-state index in [9.17, 15) is 5.11 Å². The molecule has 0 aliphatic carbocycles. The first-order valence-electron chi connectivity index (χ1n) is 4.99. The zero-order chi connectivity index (χ0) is 9.68.